The van der Waals surface area contributed by atoms with Gasteiger partial charge in [-0.2, -0.15) is 0 Å². The fourth-order valence-electron chi connectivity index (χ4n) is 3.03. The van der Waals surface area contributed by atoms with Gasteiger partial charge in [-0.1, -0.05) is 23.4 Å². The Morgan fingerprint density at radius 3 is 2.73 bits per heavy atom. The van der Waals surface area contributed by atoms with Crippen LogP contribution in [0, 0.1) is 20.8 Å². The lowest BCUT2D eigenvalue weighted by molar-refractivity contribution is -0.0714. The summed E-state index contributed by atoms with van der Waals surface area (Å²) in [5.74, 6) is 0.705. The first-order valence-electron chi connectivity index (χ1n) is 8.57. The molecule has 7 nitrogen and oxygen atoms in total. The van der Waals surface area contributed by atoms with Crippen LogP contribution in [0.25, 0.3) is 0 Å². The lowest BCUT2D eigenvalue weighted by Gasteiger charge is -2.32. The lowest BCUT2D eigenvalue weighted by Crippen LogP contribution is -2.49. The number of sulfonamides is 1. The Hall–Kier alpha value is -1.74. The van der Waals surface area contributed by atoms with E-state index in [-0.39, 0.29) is 17.0 Å². The fourth-order valence-corrected chi connectivity index (χ4v) is 4.57. The zero-order valence-corrected chi connectivity index (χ0v) is 16.0. The van der Waals surface area contributed by atoms with Crippen molar-refractivity contribution in [1.29, 1.82) is 0 Å². The number of nitrogens with zero attached hydrogens (tertiary/aromatic N) is 1. The average Bonchev–Trinajstić information content (AvgIpc) is 2.92. The van der Waals surface area contributed by atoms with Crippen LogP contribution in [0.2, 0.25) is 0 Å². The molecular formula is C18H24N2O5S. The molecule has 1 aromatic carbocycles. The van der Waals surface area contributed by atoms with Crippen LogP contribution in [0.15, 0.2) is 33.7 Å². The number of aromatic nitrogens is 1. The topological polar surface area (TPSA) is 90.7 Å². The molecule has 0 bridgehead atoms. The molecule has 2 heterocycles. The van der Waals surface area contributed by atoms with E-state index >= 15 is 0 Å². The third-order valence-corrected chi connectivity index (χ3v) is 6.27. The van der Waals surface area contributed by atoms with Gasteiger partial charge in [0.05, 0.1) is 35.9 Å². The highest BCUT2D eigenvalue weighted by Crippen LogP contribution is 2.21. The normalized spacial score (nSPS) is 21.0. The molecule has 3 rings (SSSR count). The third-order valence-electron chi connectivity index (χ3n) is 4.62. The summed E-state index contributed by atoms with van der Waals surface area (Å²) in [5, 5.41) is 3.91. The minimum absolute atomic E-state index is 0.288. The Bertz CT molecular complexity index is 843. The molecule has 1 N–H and O–H groups in total. The van der Waals surface area contributed by atoms with Gasteiger partial charge in [0.25, 0.3) is 0 Å². The first kappa shape index (κ1) is 19.0. The highest BCUT2D eigenvalue weighted by atomic mass is 32.2. The Morgan fingerprint density at radius 2 is 2.04 bits per heavy atom. The van der Waals surface area contributed by atoms with Gasteiger partial charge in [0.15, 0.2) is 0 Å². The molecule has 26 heavy (non-hydrogen) atoms. The van der Waals surface area contributed by atoms with Crippen molar-refractivity contribution < 1.29 is 22.4 Å². The van der Waals surface area contributed by atoms with Crippen LogP contribution in [0.3, 0.4) is 0 Å². The zero-order chi connectivity index (χ0) is 18.7. The van der Waals surface area contributed by atoms with E-state index in [0.717, 1.165) is 11.3 Å². The molecule has 0 radical (unpaired) electrons. The first-order valence-corrected chi connectivity index (χ1v) is 10.1. The summed E-state index contributed by atoms with van der Waals surface area (Å²) in [6.45, 7) is 6.59. The highest BCUT2D eigenvalue weighted by Gasteiger charge is 2.31. The monoisotopic (exact) mass is 380 g/mol. The first-order chi connectivity index (χ1) is 12.4. The van der Waals surface area contributed by atoms with Crippen molar-refractivity contribution >= 4 is 10.0 Å². The van der Waals surface area contributed by atoms with Gasteiger partial charge in [-0.05, 0) is 38.8 Å². The molecule has 2 atom stereocenters. The van der Waals surface area contributed by atoms with E-state index in [2.05, 4.69) is 9.88 Å². The molecule has 1 aliphatic rings. The van der Waals surface area contributed by atoms with Crippen LogP contribution < -0.4 is 4.72 Å². The summed E-state index contributed by atoms with van der Waals surface area (Å²) in [6, 6.07) is 6.57. The van der Waals surface area contributed by atoms with E-state index in [1.54, 1.807) is 25.1 Å². The van der Waals surface area contributed by atoms with Crippen molar-refractivity contribution in [1.82, 2.24) is 9.88 Å². The number of aryl methyl sites for hydroxylation is 3. The van der Waals surface area contributed by atoms with Crippen molar-refractivity contribution in [3.05, 3.63) is 46.8 Å². The number of nitrogens with one attached hydrogen (secondary N) is 1. The van der Waals surface area contributed by atoms with Crippen LogP contribution in [-0.4, -0.2) is 38.9 Å². The molecule has 0 saturated carbocycles. The van der Waals surface area contributed by atoms with Gasteiger partial charge < -0.3 is 14.0 Å². The number of ether oxygens (including phenoxy) is 2. The number of rotatable bonds is 6. The average molecular weight is 380 g/mol. The third kappa shape index (κ3) is 4.15. The summed E-state index contributed by atoms with van der Waals surface area (Å²) in [5.41, 5.74) is 2.37. The largest absolute Gasteiger partial charge is 0.379 e. The molecule has 1 fully saturated rings. The molecule has 1 saturated heterocycles. The Labute approximate surface area is 153 Å². The second kappa shape index (κ2) is 7.87. The molecule has 142 valence electrons. The summed E-state index contributed by atoms with van der Waals surface area (Å²) in [7, 11) is -3.63. The number of hydrogen-bond donors (Lipinski definition) is 1. The van der Waals surface area contributed by atoms with Crippen LogP contribution in [0.1, 0.15) is 29.0 Å². The van der Waals surface area contributed by atoms with Crippen molar-refractivity contribution in [2.24, 2.45) is 0 Å². The van der Waals surface area contributed by atoms with Crippen molar-refractivity contribution in [3.63, 3.8) is 0 Å². The van der Waals surface area contributed by atoms with E-state index in [0.29, 0.717) is 37.6 Å². The Balaban J connectivity index is 1.72. The molecule has 0 aliphatic carbocycles. The van der Waals surface area contributed by atoms with Crippen LogP contribution in [0.4, 0.5) is 0 Å². The standard InChI is InChI=1S/C18H24N2O5S/c1-12-6-4-5-7-18(12)26(21,22)20-16-8-9-23-11-17(16)24-10-15-13(2)19-25-14(15)3/h4-7,16-17,20H,8-11H2,1-3H3/t16-,17-/m1/s1. The summed E-state index contributed by atoms with van der Waals surface area (Å²) in [6.07, 6.45) is 0.174. The van der Waals surface area contributed by atoms with Gasteiger partial charge in [-0.15, -0.1) is 0 Å². The smallest absolute Gasteiger partial charge is 0.241 e. The van der Waals surface area contributed by atoms with Gasteiger partial charge in [-0.3, -0.25) is 0 Å². The number of hydrogen-bond acceptors (Lipinski definition) is 6. The van der Waals surface area contributed by atoms with Gasteiger partial charge in [0.2, 0.25) is 10.0 Å². The maximum atomic E-state index is 12.8. The van der Waals surface area contributed by atoms with Gasteiger partial charge in [0.1, 0.15) is 5.76 Å². The molecule has 0 spiro atoms. The molecule has 1 aromatic heterocycles. The van der Waals surface area contributed by atoms with E-state index in [4.69, 9.17) is 14.0 Å². The minimum Gasteiger partial charge on any atom is -0.379 e. The van der Waals surface area contributed by atoms with Gasteiger partial charge >= 0.3 is 0 Å². The maximum absolute atomic E-state index is 12.8. The summed E-state index contributed by atoms with van der Waals surface area (Å²) in [4.78, 5) is 0.288. The predicted molar refractivity (Wildman–Crippen MR) is 95.3 cm³/mol. The predicted octanol–water partition coefficient (Wildman–Crippen LogP) is 2.25. The molecule has 0 amide bonds. The SMILES string of the molecule is Cc1ccccc1S(=O)(=O)N[C@@H]1CCOC[C@H]1OCc1c(C)noc1C. The van der Waals surface area contributed by atoms with Gasteiger partial charge in [0, 0.05) is 12.2 Å². The summed E-state index contributed by atoms with van der Waals surface area (Å²) >= 11 is 0. The molecule has 0 unspecified atom stereocenters. The van der Waals surface area contributed by atoms with Crippen LogP contribution >= 0.6 is 0 Å². The maximum Gasteiger partial charge on any atom is 0.241 e. The highest BCUT2D eigenvalue weighted by molar-refractivity contribution is 7.89. The van der Waals surface area contributed by atoms with Crippen molar-refractivity contribution in [3.8, 4) is 0 Å². The fraction of sp³-hybridized carbons (Fsp3) is 0.500. The molecular weight excluding hydrogens is 356 g/mol. The van der Waals surface area contributed by atoms with Crippen LogP contribution in [-0.2, 0) is 26.1 Å². The summed E-state index contributed by atoms with van der Waals surface area (Å²) < 4.78 is 44.9. The molecule has 8 heteroatoms. The van der Waals surface area contributed by atoms with E-state index < -0.39 is 10.0 Å². The van der Waals surface area contributed by atoms with Crippen LogP contribution in [0.5, 0.6) is 0 Å². The van der Waals surface area contributed by atoms with Crippen molar-refractivity contribution in [2.45, 2.75) is 50.8 Å². The molecule has 1 aliphatic heterocycles. The van der Waals surface area contributed by atoms with E-state index in [9.17, 15) is 8.42 Å². The quantitative estimate of drug-likeness (QED) is 0.827. The second-order valence-corrected chi connectivity index (χ2v) is 8.19. The second-order valence-electron chi connectivity index (χ2n) is 6.51. The number of benzene rings is 1. The van der Waals surface area contributed by atoms with Gasteiger partial charge in [-0.25, -0.2) is 13.1 Å². The van der Waals surface area contributed by atoms with E-state index in [1.165, 1.54) is 0 Å². The van der Waals surface area contributed by atoms with Crippen molar-refractivity contribution in [2.75, 3.05) is 13.2 Å². The Kier molecular flexibility index (Phi) is 5.76. The lowest BCUT2D eigenvalue weighted by atomic mass is 10.1. The zero-order valence-electron chi connectivity index (χ0n) is 15.2. The molecule has 2 aromatic rings. The Morgan fingerprint density at radius 1 is 1.27 bits per heavy atom. The minimum atomic E-state index is -3.63. The van der Waals surface area contributed by atoms with E-state index in [1.807, 2.05) is 19.9 Å².